The molecule has 1 unspecified atom stereocenters. The van der Waals surface area contributed by atoms with Gasteiger partial charge in [0.25, 0.3) is 5.91 Å². The van der Waals surface area contributed by atoms with E-state index in [0.29, 0.717) is 0 Å². The molecule has 0 aliphatic carbocycles. The number of aryl methyl sites for hydroxylation is 4. The van der Waals surface area contributed by atoms with Crippen molar-refractivity contribution >= 4 is 5.91 Å². The Morgan fingerprint density at radius 3 is 2.74 bits per heavy atom. The third-order valence-corrected chi connectivity index (χ3v) is 4.47. The molecule has 0 spiro atoms. The normalized spacial score (nSPS) is 17.9. The topological polar surface area (TPSA) is 56.0 Å². The Hall–Kier alpha value is -2.11. The highest BCUT2D eigenvalue weighted by atomic mass is 16.2. The van der Waals surface area contributed by atoms with Crippen LogP contribution >= 0.6 is 0 Å². The molecule has 1 aliphatic rings. The Morgan fingerprint density at radius 1 is 1.30 bits per heavy atom. The molecule has 0 radical (unpaired) electrons. The number of hydrogen-bond acceptors (Lipinski definition) is 3. The summed E-state index contributed by atoms with van der Waals surface area (Å²) < 4.78 is 3.94. The minimum Gasteiger partial charge on any atom is -0.336 e. The molecule has 1 fully saturated rings. The summed E-state index contributed by atoms with van der Waals surface area (Å²) in [6.07, 6.45) is 3.85. The van der Waals surface area contributed by atoms with Crippen molar-refractivity contribution in [2.75, 3.05) is 13.1 Å². The fraction of sp³-hybridized carbons (Fsp3) is 0.588. The molecule has 23 heavy (non-hydrogen) atoms. The summed E-state index contributed by atoms with van der Waals surface area (Å²) in [4.78, 5) is 14.7. The van der Waals surface area contributed by atoms with Gasteiger partial charge in [0.15, 0.2) is 0 Å². The summed E-state index contributed by atoms with van der Waals surface area (Å²) in [5.41, 5.74) is 3.74. The fourth-order valence-electron chi connectivity index (χ4n) is 3.38. The van der Waals surface area contributed by atoms with E-state index in [0.717, 1.165) is 55.1 Å². The molecular weight excluding hydrogens is 290 g/mol. The molecule has 1 amide bonds. The van der Waals surface area contributed by atoms with Crippen molar-refractivity contribution in [3.63, 3.8) is 0 Å². The van der Waals surface area contributed by atoms with E-state index in [9.17, 15) is 4.79 Å². The predicted octanol–water partition coefficient (Wildman–Crippen LogP) is 2.50. The summed E-state index contributed by atoms with van der Waals surface area (Å²) in [6.45, 7) is 10.4. The van der Waals surface area contributed by atoms with Crippen LogP contribution in [0.3, 0.4) is 0 Å². The summed E-state index contributed by atoms with van der Waals surface area (Å²) in [5.74, 6) is 0.0916. The SMILES string of the molecule is CCCn1cc(C(=O)N2CCC(n3nc(C)cc3C)C2)c(C)n1. The van der Waals surface area contributed by atoms with Gasteiger partial charge in [0.1, 0.15) is 0 Å². The van der Waals surface area contributed by atoms with Crippen LogP contribution in [0.2, 0.25) is 0 Å². The lowest BCUT2D eigenvalue weighted by Gasteiger charge is -2.17. The van der Waals surface area contributed by atoms with Gasteiger partial charge in [-0.15, -0.1) is 0 Å². The first-order valence-corrected chi connectivity index (χ1v) is 8.35. The average Bonchev–Trinajstić information content (AvgIpc) is 3.18. The third-order valence-electron chi connectivity index (χ3n) is 4.47. The number of hydrogen-bond donors (Lipinski definition) is 0. The largest absolute Gasteiger partial charge is 0.336 e. The van der Waals surface area contributed by atoms with E-state index in [2.05, 4.69) is 34.8 Å². The van der Waals surface area contributed by atoms with Crippen LogP contribution in [0.25, 0.3) is 0 Å². The van der Waals surface area contributed by atoms with Gasteiger partial charge in [0.2, 0.25) is 0 Å². The molecule has 3 heterocycles. The number of carbonyl (C=O) groups excluding carboxylic acids is 1. The molecule has 1 aliphatic heterocycles. The van der Waals surface area contributed by atoms with Gasteiger partial charge in [-0.3, -0.25) is 14.2 Å². The minimum atomic E-state index is 0.0916. The molecule has 124 valence electrons. The Balaban J connectivity index is 1.73. The monoisotopic (exact) mass is 315 g/mol. The molecule has 0 bridgehead atoms. The van der Waals surface area contributed by atoms with Crippen LogP contribution in [0, 0.1) is 20.8 Å². The molecule has 0 saturated carbocycles. The Labute approximate surface area is 137 Å². The molecule has 1 atom stereocenters. The van der Waals surface area contributed by atoms with E-state index in [-0.39, 0.29) is 11.9 Å². The molecule has 0 aromatic carbocycles. The van der Waals surface area contributed by atoms with Gasteiger partial charge in [0, 0.05) is 31.5 Å². The van der Waals surface area contributed by atoms with Crippen molar-refractivity contribution in [3.05, 3.63) is 34.9 Å². The highest BCUT2D eigenvalue weighted by Gasteiger charge is 2.30. The molecule has 3 rings (SSSR count). The Bertz CT molecular complexity index is 715. The number of aromatic nitrogens is 4. The van der Waals surface area contributed by atoms with Crippen molar-refractivity contribution in [1.82, 2.24) is 24.5 Å². The van der Waals surface area contributed by atoms with Gasteiger partial charge in [0.05, 0.1) is 23.0 Å². The van der Waals surface area contributed by atoms with Crippen molar-refractivity contribution in [2.45, 2.75) is 53.1 Å². The van der Waals surface area contributed by atoms with E-state index in [4.69, 9.17) is 0 Å². The summed E-state index contributed by atoms with van der Waals surface area (Å²) in [7, 11) is 0. The third kappa shape index (κ3) is 3.02. The molecule has 6 nitrogen and oxygen atoms in total. The zero-order valence-corrected chi connectivity index (χ0v) is 14.4. The van der Waals surface area contributed by atoms with Crippen molar-refractivity contribution in [2.24, 2.45) is 0 Å². The van der Waals surface area contributed by atoms with Crippen LogP contribution < -0.4 is 0 Å². The van der Waals surface area contributed by atoms with Crippen molar-refractivity contribution in [3.8, 4) is 0 Å². The highest BCUT2D eigenvalue weighted by Crippen LogP contribution is 2.25. The fourth-order valence-corrected chi connectivity index (χ4v) is 3.38. The van der Waals surface area contributed by atoms with Crippen molar-refractivity contribution < 1.29 is 4.79 Å². The number of carbonyl (C=O) groups is 1. The summed E-state index contributed by atoms with van der Waals surface area (Å²) in [6, 6.07) is 2.36. The molecule has 0 N–H and O–H groups in total. The highest BCUT2D eigenvalue weighted by molar-refractivity contribution is 5.95. The number of rotatable bonds is 4. The van der Waals surface area contributed by atoms with Crippen LogP contribution in [0.15, 0.2) is 12.3 Å². The van der Waals surface area contributed by atoms with E-state index in [1.165, 1.54) is 0 Å². The van der Waals surface area contributed by atoms with E-state index >= 15 is 0 Å². The molecular formula is C17H25N5O. The zero-order chi connectivity index (χ0) is 16.6. The van der Waals surface area contributed by atoms with E-state index in [1.807, 2.05) is 29.6 Å². The summed E-state index contributed by atoms with van der Waals surface area (Å²) >= 11 is 0. The zero-order valence-electron chi connectivity index (χ0n) is 14.4. The predicted molar refractivity (Wildman–Crippen MR) is 88.5 cm³/mol. The summed E-state index contributed by atoms with van der Waals surface area (Å²) in [5, 5.41) is 9.01. The second kappa shape index (κ2) is 6.18. The smallest absolute Gasteiger partial charge is 0.257 e. The van der Waals surface area contributed by atoms with E-state index < -0.39 is 0 Å². The van der Waals surface area contributed by atoms with Gasteiger partial charge in [-0.1, -0.05) is 6.92 Å². The van der Waals surface area contributed by atoms with Gasteiger partial charge in [-0.05, 0) is 39.7 Å². The molecule has 6 heteroatoms. The first-order chi connectivity index (χ1) is 11.0. The average molecular weight is 315 g/mol. The lowest BCUT2D eigenvalue weighted by atomic mass is 10.2. The molecule has 2 aromatic rings. The first kappa shape index (κ1) is 15.8. The lowest BCUT2D eigenvalue weighted by Crippen LogP contribution is -2.29. The number of likely N-dealkylation sites (tertiary alicyclic amines) is 1. The van der Waals surface area contributed by atoms with Gasteiger partial charge in [-0.2, -0.15) is 10.2 Å². The Morgan fingerprint density at radius 2 is 2.09 bits per heavy atom. The van der Waals surface area contributed by atoms with Crippen LogP contribution in [0.5, 0.6) is 0 Å². The lowest BCUT2D eigenvalue weighted by molar-refractivity contribution is 0.0786. The molecule has 2 aromatic heterocycles. The van der Waals surface area contributed by atoms with Gasteiger partial charge in [-0.25, -0.2) is 0 Å². The van der Waals surface area contributed by atoms with Crippen molar-refractivity contribution in [1.29, 1.82) is 0 Å². The first-order valence-electron chi connectivity index (χ1n) is 8.35. The maximum atomic E-state index is 12.8. The number of amides is 1. The van der Waals surface area contributed by atoms with Gasteiger partial charge >= 0.3 is 0 Å². The maximum Gasteiger partial charge on any atom is 0.257 e. The maximum absolute atomic E-state index is 12.8. The second-order valence-electron chi connectivity index (χ2n) is 6.46. The van der Waals surface area contributed by atoms with Crippen LogP contribution in [-0.2, 0) is 6.54 Å². The van der Waals surface area contributed by atoms with Crippen LogP contribution in [0.4, 0.5) is 0 Å². The standard InChI is InChI=1S/C17H25N5O/c1-5-7-21-11-16(14(4)19-21)17(23)20-8-6-15(10-20)22-13(3)9-12(2)18-22/h9,11,15H,5-8,10H2,1-4H3. The second-order valence-corrected chi connectivity index (χ2v) is 6.46. The molecule has 1 saturated heterocycles. The van der Waals surface area contributed by atoms with Gasteiger partial charge < -0.3 is 4.90 Å². The number of nitrogens with zero attached hydrogens (tertiary/aromatic N) is 5. The Kier molecular flexibility index (Phi) is 4.24. The van der Waals surface area contributed by atoms with Crippen LogP contribution in [0.1, 0.15) is 53.2 Å². The minimum absolute atomic E-state index is 0.0916. The van der Waals surface area contributed by atoms with Crippen LogP contribution in [-0.4, -0.2) is 43.5 Å². The quantitative estimate of drug-likeness (QED) is 0.871. The van der Waals surface area contributed by atoms with E-state index in [1.54, 1.807) is 0 Å².